The van der Waals surface area contributed by atoms with E-state index in [4.69, 9.17) is 5.11 Å². The van der Waals surface area contributed by atoms with E-state index >= 15 is 0 Å². The normalized spacial score (nSPS) is 21.9. The highest BCUT2D eigenvalue weighted by molar-refractivity contribution is 5.81. The molecule has 1 heterocycles. The molecule has 0 bridgehead atoms. The van der Waals surface area contributed by atoms with Crippen LogP contribution in [0, 0.1) is 11.8 Å². The fourth-order valence-electron chi connectivity index (χ4n) is 2.96. The highest BCUT2D eigenvalue weighted by Gasteiger charge is 2.40. The van der Waals surface area contributed by atoms with Crippen LogP contribution >= 0.6 is 0 Å². The second-order valence-electron chi connectivity index (χ2n) is 5.80. The van der Waals surface area contributed by atoms with Crippen LogP contribution in [0.3, 0.4) is 0 Å². The lowest BCUT2D eigenvalue weighted by molar-refractivity contribution is -0.155. The maximum atomic E-state index is 12.4. The minimum absolute atomic E-state index is 0.0426. The van der Waals surface area contributed by atoms with E-state index in [0.717, 1.165) is 45.1 Å². The highest BCUT2D eigenvalue weighted by atomic mass is 16.5. The van der Waals surface area contributed by atoms with Crippen molar-refractivity contribution in [1.82, 2.24) is 9.96 Å². The molecule has 2 atom stereocenters. The summed E-state index contributed by atoms with van der Waals surface area (Å²) in [4.78, 5) is 24.8. The Hall–Kier alpha value is -1.14. The number of unbranched alkanes of at least 4 members (excludes halogenated alkanes) is 3. The predicted octanol–water partition coefficient (Wildman–Crippen LogP) is 1.26. The van der Waals surface area contributed by atoms with Gasteiger partial charge in [-0.2, -0.15) is 0 Å². The van der Waals surface area contributed by atoms with Crippen molar-refractivity contribution in [2.24, 2.45) is 11.8 Å². The number of hydrogen-bond donors (Lipinski definition) is 2. The molecule has 6 heteroatoms. The van der Waals surface area contributed by atoms with Gasteiger partial charge in [0.25, 0.3) is 0 Å². The van der Waals surface area contributed by atoms with Crippen LogP contribution in [0.4, 0.5) is 0 Å². The number of hydrogen-bond acceptors (Lipinski definition) is 4. The third kappa shape index (κ3) is 5.63. The number of carbonyl (C=O) groups excluding carboxylic acids is 2. The quantitative estimate of drug-likeness (QED) is 0.260. The van der Waals surface area contributed by atoms with Crippen LogP contribution in [-0.2, 0) is 9.59 Å². The van der Waals surface area contributed by atoms with E-state index in [1.165, 1.54) is 0 Å². The molecule has 1 aliphatic rings. The standard InChI is InChI=1S/C15H28N2O4/c1-2-3-7-13-10-16(8-5-4-6-9-18)15(20)14(13)11-17(21)12-19/h12-14,18,21H,2-11H2,1H3/t13-,14+/m0/s1. The van der Waals surface area contributed by atoms with Crippen molar-refractivity contribution in [2.45, 2.75) is 45.4 Å². The third-order valence-electron chi connectivity index (χ3n) is 4.17. The zero-order valence-corrected chi connectivity index (χ0v) is 12.9. The minimum atomic E-state index is -0.287. The first-order valence-electron chi connectivity index (χ1n) is 7.94. The summed E-state index contributed by atoms with van der Waals surface area (Å²) in [6, 6.07) is 0. The van der Waals surface area contributed by atoms with Crippen LogP contribution in [0.25, 0.3) is 0 Å². The second kappa shape index (κ2) is 9.73. The van der Waals surface area contributed by atoms with Crippen LogP contribution in [0.1, 0.15) is 45.4 Å². The van der Waals surface area contributed by atoms with Gasteiger partial charge in [-0.05, 0) is 31.6 Å². The Morgan fingerprint density at radius 2 is 2.10 bits per heavy atom. The van der Waals surface area contributed by atoms with Crippen molar-refractivity contribution in [3.63, 3.8) is 0 Å². The molecular weight excluding hydrogens is 272 g/mol. The Morgan fingerprint density at radius 1 is 1.33 bits per heavy atom. The van der Waals surface area contributed by atoms with Crippen LogP contribution in [0.15, 0.2) is 0 Å². The number of nitrogens with zero attached hydrogens (tertiary/aromatic N) is 2. The Morgan fingerprint density at radius 3 is 2.71 bits per heavy atom. The summed E-state index contributed by atoms with van der Waals surface area (Å²) in [7, 11) is 0. The summed E-state index contributed by atoms with van der Waals surface area (Å²) >= 11 is 0. The molecule has 0 aromatic rings. The van der Waals surface area contributed by atoms with Crippen molar-refractivity contribution in [3.05, 3.63) is 0 Å². The summed E-state index contributed by atoms with van der Waals surface area (Å²) in [6.45, 7) is 3.81. The Labute approximate surface area is 126 Å². The SMILES string of the molecule is CCCC[C@H]1CN(CCCCCO)C(=O)[C@@H]1CN(O)C=O. The molecule has 0 saturated carbocycles. The molecule has 0 aliphatic carbocycles. The molecule has 6 nitrogen and oxygen atoms in total. The van der Waals surface area contributed by atoms with Gasteiger partial charge in [0.2, 0.25) is 12.3 Å². The Kier molecular flexibility index (Phi) is 8.30. The summed E-state index contributed by atoms with van der Waals surface area (Å²) in [5.74, 6) is -0.0320. The van der Waals surface area contributed by atoms with Gasteiger partial charge in [0.15, 0.2) is 0 Å². The number of hydroxylamine groups is 2. The first kappa shape index (κ1) is 17.9. The van der Waals surface area contributed by atoms with E-state index in [1.807, 2.05) is 4.90 Å². The maximum absolute atomic E-state index is 12.4. The molecule has 1 aliphatic heterocycles. The number of aliphatic hydroxyl groups is 1. The van der Waals surface area contributed by atoms with Gasteiger partial charge in [-0.25, -0.2) is 5.06 Å². The van der Waals surface area contributed by atoms with Gasteiger partial charge in [0, 0.05) is 19.7 Å². The molecule has 0 radical (unpaired) electrons. The van der Waals surface area contributed by atoms with Crippen molar-refractivity contribution >= 4 is 12.3 Å². The molecule has 2 amide bonds. The van der Waals surface area contributed by atoms with Gasteiger partial charge in [0.05, 0.1) is 12.5 Å². The molecule has 1 saturated heterocycles. The van der Waals surface area contributed by atoms with E-state index < -0.39 is 0 Å². The molecular formula is C15H28N2O4. The zero-order valence-electron chi connectivity index (χ0n) is 12.9. The van der Waals surface area contributed by atoms with E-state index in [-0.39, 0.29) is 30.9 Å². The van der Waals surface area contributed by atoms with Crippen LogP contribution < -0.4 is 0 Å². The number of likely N-dealkylation sites (tertiary alicyclic amines) is 1. The fraction of sp³-hybridized carbons (Fsp3) is 0.867. The molecule has 122 valence electrons. The number of amides is 2. The monoisotopic (exact) mass is 300 g/mol. The minimum Gasteiger partial charge on any atom is -0.396 e. The van der Waals surface area contributed by atoms with Crippen molar-refractivity contribution in [1.29, 1.82) is 0 Å². The molecule has 2 N–H and O–H groups in total. The lowest BCUT2D eigenvalue weighted by atomic mass is 9.90. The van der Waals surface area contributed by atoms with E-state index in [1.54, 1.807) is 0 Å². The summed E-state index contributed by atoms with van der Waals surface area (Å²) < 4.78 is 0. The Bertz CT molecular complexity index is 325. The van der Waals surface area contributed by atoms with Crippen molar-refractivity contribution < 1.29 is 19.9 Å². The number of aliphatic hydroxyl groups excluding tert-OH is 1. The van der Waals surface area contributed by atoms with E-state index in [0.29, 0.717) is 18.0 Å². The number of rotatable bonds is 11. The van der Waals surface area contributed by atoms with Gasteiger partial charge in [-0.1, -0.05) is 19.8 Å². The largest absolute Gasteiger partial charge is 0.396 e. The maximum Gasteiger partial charge on any atom is 0.233 e. The second-order valence-corrected chi connectivity index (χ2v) is 5.80. The van der Waals surface area contributed by atoms with Crippen molar-refractivity contribution in [3.8, 4) is 0 Å². The lowest BCUT2D eigenvalue weighted by Gasteiger charge is -2.19. The summed E-state index contributed by atoms with van der Waals surface area (Å²) in [5.41, 5.74) is 0. The zero-order chi connectivity index (χ0) is 15.7. The third-order valence-corrected chi connectivity index (χ3v) is 4.17. The fourth-order valence-corrected chi connectivity index (χ4v) is 2.96. The van der Waals surface area contributed by atoms with Crippen molar-refractivity contribution in [2.75, 3.05) is 26.2 Å². The van der Waals surface area contributed by atoms with Crippen LogP contribution in [0.5, 0.6) is 0 Å². The molecule has 0 spiro atoms. The van der Waals surface area contributed by atoms with Crippen LogP contribution in [-0.4, -0.2) is 58.8 Å². The summed E-state index contributed by atoms with van der Waals surface area (Å²) in [5, 5.41) is 18.7. The van der Waals surface area contributed by atoms with Gasteiger partial charge < -0.3 is 10.0 Å². The number of carbonyl (C=O) groups is 2. The predicted molar refractivity (Wildman–Crippen MR) is 78.6 cm³/mol. The van der Waals surface area contributed by atoms with E-state index in [2.05, 4.69) is 6.92 Å². The topological polar surface area (TPSA) is 81.1 Å². The molecule has 1 rings (SSSR count). The first-order valence-corrected chi connectivity index (χ1v) is 7.94. The molecule has 0 aromatic carbocycles. The molecule has 21 heavy (non-hydrogen) atoms. The first-order chi connectivity index (χ1) is 10.1. The van der Waals surface area contributed by atoms with Gasteiger partial charge in [-0.15, -0.1) is 0 Å². The average Bonchev–Trinajstić information content (AvgIpc) is 2.78. The highest BCUT2D eigenvalue weighted by Crippen LogP contribution is 2.29. The molecule has 0 aromatic heterocycles. The Balaban J connectivity index is 2.55. The average molecular weight is 300 g/mol. The molecule has 0 unspecified atom stereocenters. The lowest BCUT2D eigenvalue weighted by Crippen LogP contribution is -2.34. The van der Waals surface area contributed by atoms with E-state index in [9.17, 15) is 14.8 Å². The smallest absolute Gasteiger partial charge is 0.233 e. The van der Waals surface area contributed by atoms with Gasteiger partial charge >= 0.3 is 0 Å². The van der Waals surface area contributed by atoms with Crippen LogP contribution in [0.2, 0.25) is 0 Å². The molecule has 1 fully saturated rings. The van der Waals surface area contributed by atoms with Gasteiger partial charge in [-0.3, -0.25) is 14.8 Å². The van der Waals surface area contributed by atoms with Gasteiger partial charge in [0.1, 0.15) is 0 Å². The summed E-state index contributed by atoms with van der Waals surface area (Å²) in [6.07, 6.45) is 5.99.